The van der Waals surface area contributed by atoms with Crippen LogP contribution in [-0.2, 0) is 4.74 Å². The molecule has 2 aromatic rings. The predicted molar refractivity (Wildman–Crippen MR) is 84.1 cm³/mol. The maximum absolute atomic E-state index is 5.55. The molecule has 0 aliphatic rings. The van der Waals surface area contributed by atoms with Crippen molar-refractivity contribution in [3.8, 4) is 0 Å². The Morgan fingerprint density at radius 1 is 1.40 bits per heavy atom. The zero-order chi connectivity index (χ0) is 14.5. The Morgan fingerprint density at radius 2 is 2.20 bits per heavy atom. The topological polar surface area (TPSA) is 85.1 Å². The van der Waals surface area contributed by atoms with E-state index in [0.717, 1.165) is 22.6 Å². The molecule has 2 rings (SSSR count). The number of anilines is 2. The fraction of sp³-hybridized carbons (Fsp3) is 0.538. The molecule has 0 saturated carbocycles. The quantitative estimate of drug-likeness (QED) is 0.413. The van der Waals surface area contributed by atoms with E-state index in [1.54, 1.807) is 11.3 Å². The van der Waals surface area contributed by atoms with Gasteiger partial charge in [-0.3, -0.25) is 5.43 Å². The molecule has 0 aliphatic carbocycles. The Bertz CT molecular complexity index is 569. The van der Waals surface area contributed by atoms with E-state index in [-0.39, 0.29) is 0 Å². The molecular formula is C13H21N5OS. The van der Waals surface area contributed by atoms with Gasteiger partial charge in [-0.05, 0) is 18.9 Å². The van der Waals surface area contributed by atoms with Crippen molar-refractivity contribution in [1.82, 2.24) is 9.97 Å². The van der Waals surface area contributed by atoms with Crippen molar-refractivity contribution >= 4 is 33.3 Å². The van der Waals surface area contributed by atoms with E-state index in [2.05, 4.69) is 47.5 Å². The fourth-order valence-corrected chi connectivity index (χ4v) is 2.68. The molecule has 0 fully saturated rings. The van der Waals surface area contributed by atoms with Gasteiger partial charge in [0, 0.05) is 18.0 Å². The number of hydrazine groups is 1. The molecule has 0 bridgehead atoms. The van der Waals surface area contributed by atoms with Gasteiger partial charge in [0.15, 0.2) is 0 Å². The van der Waals surface area contributed by atoms with E-state index in [9.17, 15) is 0 Å². The number of nitrogens with one attached hydrogen (secondary N) is 2. The molecule has 2 aromatic heterocycles. The van der Waals surface area contributed by atoms with Crippen molar-refractivity contribution < 1.29 is 4.74 Å². The van der Waals surface area contributed by atoms with Gasteiger partial charge in [0.05, 0.1) is 12.0 Å². The van der Waals surface area contributed by atoms with Crippen LogP contribution < -0.4 is 16.6 Å². The molecule has 0 saturated heterocycles. The Labute approximate surface area is 122 Å². The van der Waals surface area contributed by atoms with Crippen LogP contribution >= 0.6 is 11.3 Å². The van der Waals surface area contributed by atoms with E-state index in [0.29, 0.717) is 25.0 Å². The molecule has 2 heterocycles. The van der Waals surface area contributed by atoms with Crippen LogP contribution in [0.25, 0.3) is 10.2 Å². The van der Waals surface area contributed by atoms with Gasteiger partial charge < -0.3 is 10.1 Å². The molecule has 110 valence electrons. The van der Waals surface area contributed by atoms with Gasteiger partial charge in [0.1, 0.15) is 10.6 Å². The van der Waals surface area contributed by atoms with E-state index < -0.39 is 0 Å². The van der Waals surface area contributed by atoms with Gasteiger partial charge in [-0.25, -0.2) is 10.8 Å². The van der Waals surface area contributed by atoms with Gasteiger partial charge in [0.25, 0.3) is 0 Å². The van der Waals surface area contributed by atoms with Crippen LogP contribution in [-0.4, -0.2) is 29.7 Å². The number of nitrogens with zero attached hydrogens (tertiary/aromatic N) is 2. The first-order chi connectivity index (χ1) is 9.60. The Hall–Kier alpha value is -1.44. The molecule has 0 spiro atoms. The summed E-state index contributed by atoms with van der Waals surface area (Å²) in [5.74, 6) is 7.17. The van der Waals surface area contributed by atoms with Gasteiger partial charge in [0.2, 0.25) is 5.95 Å². The number of rotatable bonds is 7. The highest BCUT2D eigenvalue weighted by Gasteiger charge is 2.09. The van der Waals surface area contributed by atoms with E-state index >= 15 is 0 Å². The molecule has 6 nitrogen and oxygen atoms in total. The minimum atomic E-state index is 0.421. The lowest BCUT2D eigenvalue weighted by Gasteiger charge is -2.10. The van der Waals surface area contributed by atoms with Crippen LogP contribution in [0, 0.1) is 12.8 Å². The largest absolute Gasteiger partial charge is 0.379 e. The fourth-order valence-electron chi connectivity index (χ4n) is 1.80. The zero-order valence-electron chi connectivity index (χ0n) is 12.1. The lowest BCUT2D eigenvalue weighted by atomic mass is 10.2. The highest BCUT2D eigenvalue weighted by molar-refractivity contribution is 7.18. The average molecular weight is 295 g/mol. The smallest absolute Gasteiger partial charge is 0.240 e. The summed E-state index contributed by atoms with van der Waals surface area (Å²) in [5, 5.41) is 4.31. The van der Waals surface area contributed by atoms with Crippen LogP contribution in [0.4, 0.5) is 11.8 Å². The van der Waals surface area contributed by atoms with Crippen LogP contribution in [0.15, 0.2) is 6.07 Å². The summed E-state index contributed by atoms with van der Waals surface area (Å²) >= 11 is 1.63. The van der Waals surface area contributed by atoms with E-state index in [1.165, 1.54) is 4.88 Å². The third-order valence-electron chi connectivity index (χ3n) is 2.64. The number of hydrogen-bond acceptors (Lipinski definition) is 7. The second-order valence-electron chi connectivity index (χ2n) is 5.01. The summed E-state index contributed by atoms with van der Waals surface area (Å²) < 4.78 is 5.55. The summed E-state index contributed by atoms with van der Waals surface area (Å²) in [6, 6.07) is 2.08. The Kier molecular flexibility index (Phi) is 5.11. The maximum Gasteiger partial charge on any atom is 0.240 e. The minimum absolute atomic E-state index is 0.421. The van der Waals surface area contributed by atoms with E-state index in [1.807, 2.05) is 0 Å². The van der Waals surface area contributed by atoms with Crippen molar-refractivity contribution in [1.29, 1.82) is 0 Å². The lowest BCUT2D eigenvalue weighted by molar-refractivity contribution is 0.118. The third kappa shape index (κ3) is 3.78. The summed E-state index contributed by atoms with van der Waals surface area (Å²) in [4.78, 5) is 10.8. The molecule has 0 atom stereocenters. The first kappa shape index (κ1) is 15.0. The average Bonchev–Trinajstić information content (AvgIpc) is 2.78. The SMILES string of the molecule is Cc1cc2c(NCCOCC(C)C)nc(NN)nc2s1. The van der Waals surface area contributed by atoms with Crippen LogP contribution in [0.2, 0.25) is 0 Å². The van der Waals surface area contributed by atoms with Crippen LogP contribution in [0.1, 0.15) is 18.7 Å². The predicted octanol–water partition coefficient (Wildman–Crippen LogP) is 2.37. The number of ether oxygens (including phenoxy) is 1. The summed E-state index contributed by atoms with van der Waals surface area (Å²) in [5.41, 5.74) is 2.50. The Balaban J connectivity index is 2.04. The van der Waals surface area contributed by atoms with Crippen molar-refractivity contribution in [3.63, 3.8) is 0 Å². The summed E-state index contributed by atoms with van der Waals surface area (Å²) in [6.45, 7) is 8.45. The molecule has 20 heavy (non-hydrogen) atoms. The molecular weight excluding hydrogens is 274 g/mol. The van der Waals surface area contributed by atoms with Crippen molar-refractivity contribution in [2.24, 2.45) is 11.8 Å². The molecule has 0 radical (unpaired) electrons. The number of fused-ring (bicyclic) bond motifs is 1. The number of aromatic nitrogens is 2. The monoisotopic (exact) mass is 295 g/mol. The van der Waals surface area contributed by atoms with Crippen molar-refractivity contribution in [2.75, 3.05) is 30.5 Å². The summed E-state index contributed by atoms with van der Waals surface area (Å²) in [7, 11) is 0. The number of aryl methyl sites for hydroxylation is 1. The number of nitrogens with two attached hydrogens (primary N) is 1. The van der Waals surface area contributed by atoms with Gasteiger partial charge in [-0.2, -0.15) is 4.98 Å². The molecule has 4 N–H and O–H groups in total. The minimum Gasteiger partial charge on any atom is -0.379 e. The molecule has 0 aliphatic heterocycles. The number of hydrogen-bond donors (Lipinski definition) is 3. The van der Waals surface area contributed by atoms with Gasteiger partial charge >= 0.3 is 0 Å². The molecule has 0 aromatic carbocycles. The second kappa shape index (κ2) is 6.83. The molecule has 7 heteroatoms. The van der Waals surface area contributed by atoms with Crippen molar-refractivity contribution in [2.45, 2.75) is 20.8 Å². The highest BCUT2D eigenvalue weighted by Crippen LogP contribution is 2.29. The number of nitrogen functional groups attached to an aromatic ring is 1. The lowest BCUT2D eigenvalue weighted by Crippen LogP contribution is -2.15. The molecule has 0 amide bonds. The van der Waals surface area contributed by atoms with E-state index in [4.69, 9.17) is 10.6 Å². The van der Waals surface area contributed by atoms with Crippen LogP contribution in [0.5, 0.6) is 0 Å². The standard InChI is InChI=1S/C13H21N5OS/c1-8(2)7-19-5-4-15-11-10-6-9(3)20-12(10)17-13(16-11)18-14/h6,8H,4-5,7,14H2,1-3H3,(H2,15,16,17,18). The third-order valence-corrected chi connectivity index (χ3v) is 3.58. The zero-order valence-corrected chi connectivity index (χ0v) is 12.9. The van der Waals surface area contributed by atoms with Crippen molar-refractivity contribution in [3.05, 3.63) is 10.9 Å². The molecule has 0 unspecified atom stereocenters. The first-order valence-electron chi connectivity index (χ1n) is 6.66. The first-order valence-corrected chi connectivity index (χ1v) is 7.48. The van der Waals surface area contributed by atoms with Gasteiger partial charge in [-0.15, -0.1) is 11.3 Å². The normalized spacial score (nSPS) is 11.2. The highest BCUT2D eigenvalue weighted by atomic mass is 32.1. The maximum atomic E-state index is 5.55. The number of thiophene rings is 1. The van der Waals surface area contributed by atoms with Gasteiger partial charge in [-0.1, -0.05) is 13.8 Å². The Morgan fingerprint density at radius 3 is 2.90 bits per heavy atom. The van der Waals surface area contributed by atoms with Crippen LogP contribution in [0.3, 0.4) is 0 Å². The summed E-state index contributed by atoms with van der Waals surface area (Å²) in [6.07, 6.45) is 0. The second-order valence-corrected chi connectivity index (χ2v) is 6.25.